The van der Waals surface area contributed by atoms with Crippen LogP contribution in [0.3, 0.4) is 0 Å². The molecule has 88 valence electrons. The molecule has 1 aliphatic heterocycles. The van der Waals surface area contributed by atoms with Gasteiger partial charge >= 0.3 is 0 Å². The van der Waals surface area contributed by atoms with Gasteiger partial charge in [0.25, 0.3) is 0 Å². The molecule has 0 aliphatic carbocycles. The van der Waals surface area contributed by atoms with Gasteiger partial charge in [0.05, 0.1) is 20.9 Å². The van der Waals surface area contributed by atoms with Gasteiger partial charge < -0.3 is 5.32 Å². The fraction of sp³-hybridized carbons (Fsp3) is 0.500. The summed E-state index contributed by atoms with van der Waals surface area (Å²) in [7, 11) is -0.888. The number of benzene rings is 1. The van der Waals surface area contributed by atoms with E-state index in [9.17, 15) is 4.21 Å². The molecule has 0 aromatic heterocycles. The normalized spacial score (nSPS) is 28.1. The van der Waals surface area contributed by atoms with Crippen LogP contribution in [-0.2, 0) is 10.8 Å². The second-order valence-electron chi connectivity index (χ2n) is 3.94. The van der Waals surface area contributed by atoms with E-state index in [1.807, 2.05) is 12.1 Å². The highest BCUT2D eigenvalue weighted by Gasteiger charge is 2.38. The zero-order valence-corrected chi connectivity index (χ0v) is 11.9. The van der Waals surface area contributed by atoms with Gasteiger partial charge in [0.2, 0.25) is 0 Å². The number of nitrogens with one attached hydrogen (secondary N) is 1. The first-order chi connectivity index (χ1) is 7.70. The molecular formula is C12H16BrNOS. The van der Waals surface area contributed by atoms with Crippen LogP contribution in [0, 0.1) is 0 Å². The minimum absolute atomic E-state index is 0.202. The zero-order chi connectivity index (χ0) is 11.7. The van der Waals surface area contributed by atoms with Gasteiger partial charge in [0, 0.05) is 10.5 Å². The van der Waals surface area contributed by atoms with Crippen LogP contribution in [0.15, 0.2) is 27.6 Å². The summed E-state index contributed by atoms with van der Waals surface area (Å²) in [6.45, 7) is 5.10. The van der Waals surface area contributed by atoms with Crippen molar-refractivity contribution in [1.82, 2.24) is 5.32 Å². The molecule has 0 spiro atoms. The Balaban J connectivity index is 2.49. The predicted molar refractivity (Wildman–Crippen MR) is 71.0 cm³/mol. The first-order valence-electron chi connectivity index (χ1n) is 5.63. The number of hydrogen-bond acceptors (Lipinski definition) is 2. The van der Waals surface area contributed by atoms with E-state index in [0.29, 0.717) is 0 Å². The van der Waals surface area contributed by atoms with Gasteiger partial charge in [-0.05, 0) is 40.5 Å². The van der Waals surface area contributed by atoms with Crippen LogP contribution in [-0.4, -0.2) is 16.0 Å². The van der Waals surface area contributed by atoms with Crippen molar-refractivity contribution < 1.29 is 4.21 Å². The summed E-state index contributed by atoms with van der Waals surface area (Å²) in [5.41, 5.74) is 1.20. The third kappa shape index (κ3) is 1.87. The van der Waals surface area contributed by atoms with E-state index >= 15 is 0 Å². The van der Waals surface area contributed by atoms with E-state index < -0.39 is 10.8 Å². The third-order valence-corrected chi connectivity index (χ3v) is 5.94. The largest absolute Gasteiger partial charge is 0.309 e. The maximum atomic E-state index is 12.4. The highest BCUT2D eigenvalue weighted by molar-refractivity contribution is 9.10. The summed E-state index contributed by atoms with van der Waals surface area (Å²) < 4.78 is 13.3. The van der Waals surface area contributed by atoms with Crippen molar-refractivity contribution in [1.29, 1.82) is 0 Å². The molecule has 0 bridgehead atoms. The lowest BCUT2D eigenvalue weighted by Gasteiger charge is -2.18. The number of halogens is 1. The Labute approximate surface area is 107 Å². The van der Waals surface area contributed by atoms with Crippen molar-refractivity contribution in [2.45, 2.75) is 36.5 Å². The average molecular weight is 302 g/mol. The third-order valence-electron chi connectivity index (χ3n) is 3.01. The molecule has 0 radical (unpaired) electrons. The van der Waals surface area contributed by atoms with Gasteiger partial charge in [-0.15, -0.1) is 0 Å². The van der Waals surface area contributed by atoms with Gasteiger partial charge in [0.15, 0.2) is 0 Å². The molecule has 0 saturated heterocycles. The Bertz CT molecular complexity index is 421. The molecule has 1 aromatic rings. The summed E-state index contributed by atoms with van der Waals surface area (Å²) >= 11 is 3.50. The van der Waals surface area contributed by atoms with Gasteiger partial charge in [-0.2, -0.15) is 0 Å². The van der Waals surface area contributed by atoms with E-state index in [1.54, 1.807) is 0 Å². The fourth-order valence-corrected chi connectivity index (χ4v) is 4.95. The lowest BCUT2D eigenvalue weighted by atomic mass is 10.0. The van der Waals surface area contributed by atoms with Crippen molar-refractivity contribution >= 4 is 26.7 Å². The molecule has 0 saturated carbocycles. The Hall–Kier alpha value is -0.190. The second-order valence-corrected chi connectivity index (χ2v) is 6.40. The minimum Gasteiger partial charge on any atom is -0.309 e. The summed E-state index contributed by atoms with van der Waals surface area (Å²) in [4.78, 5) is 0.986. The van der Waals surface area contributed by atoms with E-state index in [4.69, 9.17) is 0 Å². The molecule has 1 heterocycles. The van der Waals surface area contributed by atoms with Crippen molar-refractivity contribution in [3.05, 3.63) is 28.2 Å². The lowest BCUT2D eigenvalue weighted by molar-refractivity contribution is 0.520. The maximum Gasteiger partial charge on any atom is 0.0595 e. The van der Waals surface area contributed by atoms with Crippen LogP contribution in [0.5, 0.6) is 0 Å². The fourth-order valence-electron chi connectivity index (χ4n) is 2.31. The first-order valence-corrected chi connectivity index (χ1v) is 7.63. The quantitative estimate of drug-likeness (QED) is 0.930. The van der Waals surface area contributed by atoms with Gasteiger partial charge in [0.1, 0.15) is 0 Å². The molecule has 1 aliphatic rings. The molecule has 3 atom stereocenters. The topological polar surface area (TPSA) is 29.1 Å². The Kier molecular flexibility index (Phi) is 3.82. The number of rotatable bonds is 3. The molecule has 3 unspecified atom stereocenters. The van der Waals surface area contributed by atoms with Crippen molar-refractivity contribution in [3.63, 3.8) is 0 Å². The number of hydrogen-bond donors (Lipinski definition) is 1. The molecule has 16 heavy (non-hydrogen) atoms. The highest BCUT2D eigenvalue weighted by atomic mass is 79.9. The lowest BCUT2D eigenvalue weighted by Crippen LogP contribution is -2.29. The van der Waals surface area contributed by atoms with Crippen molar-refractivity contribution in [2.24, 2.45) is 0 Å². The first kappa shape index (κ1) is 12.3. The highest BCUT2D eigenvalue weighted by Crippen LogP contribution is 2.41. The van der Waals surface area contributed by atoms with E-state index in [0.717, 1.165) is 22.3 Å². The summed E-state index contributed by atoms with van der Waals surface area (Å²) in [6, 6.07) is 6.31. The Morgan fingerprint density at radius 3 is 2.81 bits per heavy atom. The molecular weight excluding hydrogens is 286 g/mol. The van der Waals surface area contributed by atoms with Crippen molar-refractivity contribution in [3.8, 4) is 0 Å². The molecule has 2 rings (SSSR count). The molecule has 2 nitrogen and oxygen atoms in total. The summed E-state index contributed by atoms with van der Waals surface area (Å²) in [5, 5.41) is 3.65. The van der Waals surface area contributed by atoms with E-state index in [1.165, 1.54) is 5.56 Å². The monoisotopic (exact) mass is 301 g/mol. The predicted octanol–water partition coefficient (Wildman–Crippen LogP) is 3.00. The van der Waals surface area contributed by atoms with Gasteiger partial charge in [-0.1, -0.05) is 26.0 Å². The van der Waals surface area contributed by atoms with Crippen LogP contribution in [0.4, 0.5) is 0 Å². The van der Waals surface area contributed by atoms with E-state index in [2.05, 4.69) is 41.2 Å². The van der Waals surface area contributed by atoms with E-state index in [-0.39, 0.29) is 11.3 Å². The Morgan fingerprint density at radius 2 is 2.19 bits per heavy atom. The van der Waals surface area contributed by atoms with Gasteiger partial charge in [-0.25, -0.2) is 0 Å². The molecule has 0 fully saturated rings. The number of fused-ring (bicyclic) bond motifs is 1. The SMILES string of the molecule is CCNC1c2cccc(Br)c2S(=O)C1CC. The zero-order valence-electron chi connectivity index (χ0n) is 9.50. The molecule has 0 amide bonds. The summed E-state index contributed by atoms with van der Waals surface area (Å²) in [6.07, 6.45) is 0.936. The van der Waals surface area contributed by atoms with Crippen LogP contribution in [0.2, 0.25) is 0 Å². The summed E-state index contributed by atoms with van der Waals surface area (Å²) in [5.74, 6) is 0. The minimum atomic E-state index is -0.888. The second kappa shape index (κ2) is 4.98. The van der Waals surface area contributed by atoms with Crippen molar-refractivity contribution in [2.75, 3.05) is 6.54 Å². The van der Waals surface area contributed by atoms with Crippen LogP contribution in [0.25, 0.3) is 0 Å². The van der Waals surface area contributed by atoms with Crippen LogP contribution < -0.4 is 5.32 Å². The molecule has 4 heteroatoms. The smallest absolute Gasteiger partial charge is 0.0595 e. The van der Waals surface area contributed by atoms with Crippen LogP contribution >= 0.6 is 15.9 Å². The molecule has 1 N–H and O–H groups in total. The standard InChI is InChI=1S/C12H16BrNOS/c1-3-10-11(14-4-2)8-6-5-7-9(13)12(8)16(10)15/h5-7,10-11,14H,3-4H2,1-2H3. The van der Waals surface area contributed by atoms with Gasteiger partial charge in [-0.3, -0.25) is 4.21 Å². The molecule has 1 aromatic carbocycles. The average Bonchev–Trinajstić information content (AvgIpc) is 2.54. The maximum absolute atomic E-state index is 12.4. The Morgan fingerprint density at radius 1 is 1.44 bits per heavy atom. The van der Waals surface area contributed by atoms with Crippen LogP contribution in [0.1, 0.15) is 31.9 Å².